The summed E-state index contributed by atoms with van der Waals surface area (Å²) in [4.78, 5) is 16.3. The second kappa shape index (κ2) is 7.61. The molecule has 1 heterocycles. The Balaban J connectivity index is 2.13. The maximum Gasteiger partial charge on any atom is 0.251 e. The van der Waals surface area contributed by atoms with Crippen molar-refractivity contribution in [2.75, 3.05) is 32.1 Å². The smallest absolute Gasteiger partial charge is 0.251 e. The zero-order chi connectivity index (χ0) is 15.9. The van der Waals surface area contributed by atoms with Crippen LogP contribution in [0.5, 0.6) is 0 Å². The van der Waals surface area contributed by atoms with Gasteiger partial charge in [-0.1, -0.05) is 18.2 Å². The Hall–Kier alpha value is -2.33. The van der Waals surface area contributed by atoms with E-state index < -0.39 is 0 Å². The van der Waals surface area contributed by atoms with E-state index in [1.54, 1.807) is 17.1 Å². The van der Waals surface area contributed by atoms with Crippen molar-refractivity contribution in [3.05, 3.63) is 60.1 Å². The summed E-state index contributed by atoms with van der Waals surface area (Å²) in [6, 6.07) is 13.4. The number of likely N-dealkylation sites (N-methyl/N-ethyl adjacent to an activating group) is 1. The lowest BCUT2D eigenvalue weighted by Gasteiger charge is -2.23. The van der Waals surface area contributed by atoms with Gasteiger partial charge in [-0.15, -0.1) is 0 Å². The van der Waals surface area contributed by atoms with E-state index >= 15 is 0 Å². The normalized spacial score (nSPS) is 11.3. The summed E-state index contributed by atoms with van der Waals surface area (Å²) in [7, 11) is 3.99. The van der Waals surface area contributed by atoms with Crippen LogP contribution in [0.2, 0.25) is 0 Å². The molecule has 0 fully saturated rings. The lowest BCUT2D eigenvalue weighted by Crippen LogP contribution is -2.35. The standard InChI is InChI=1S/C18H22N2O2/c1-15-9-10-17(22-15)11-12-18(21)20(14-13-19(2)3)16-7-5-4-6-8-16/h4-12H,13-14H2,1-3H3/b12-11+. The number of aryl methyl sites for hydroxylation is 1. The Morgan fingerprint density at radius 2 is 1.82 bits per heavy atom. The number of benzene rings is 1. The number of para-hydroxylation sites is 1. The zero-order valence-electron chi connectivity index (χ0n) is 13.3. The van der Waals surface area contributed by atoms with Crippen molar-refractivity contribution in [1.29, 1.82) is 0 Å². The summed E-state index contributed by atoms with van der Waals surface area (Å²) < 4.78 is 5.45. The Labute approximate surface area is 131 Å². The van der Waals surface area contributed by atoms with E-state index in [4.69, 9.17) is 4.42 Å². The predicted octanol–water partition coefficient (Wildman–Crippen LogP) is 3.20. The molecule has 1 aromatic carbocycles. The molecule has 1 amide bonds. The predicted molar refractivity (Wildman–Crippen MR) is 89.8 cm³/mol. The summed E-state index contributed by atoms with van der Waals surface area (Å²) >= 11 is 0. The van der Waals surface area contributed by atoms with Crippen LogP contribution >= 0.6 is 0 Å². The molecule has 0 spiro atoms. The lowest BCUT2D eigenvalue weighted by atomic mass is 10.2. The van der Waals surface area contributed by atoms with Gasteiger partial charge in [0.1, 0.15) is 11.5 Å². The first-order valence-corrected chi connectivity index (χ1v) is 7.32. The van der Waals surface area contributed by atoms with Gasteiger partial charge < -0.3 is 14.2 Å². The Morgan fingerprint density at radius 3 is 2.41 bits per heavy atom. The van der Waals surface area contributed by atoms with Gasteiger partial charge in [-0.3, -0.25) is 4.79 Å². The van der Waals surface area contributed by atoms with Gasteiger partial charge in [0.25, 0.3) is 5.91 Å². The Kier molecular flexibility index (Phi) is 5.55. The summed E-state index contributed by atoms with van der Waals surface area (Å²) in [5.41, 5.74) is 0.898. The number of hydrogen-bond acceptors (Lipinski definition) is 3. The van der Waals surface area contributed by atoms with E-state index in [0.29, 0.717) is 12.3 Å². The molecule has 0 aliphatic carbocycles. The van der Waals surface area contributed by atoms with Gasteiger partial charge in [0, 0.05) is 24.9 Å². The molecule has 0 saturated carbocycles. The quantitative estimate of drug-likeness (QED) is 0.769. The molecule has 1 aromatic heterocycles. The molecule has 4 nitrogen and oxygen atoms in total. The first kappa shape index (κ1) is 16.0. The number of carbonyl (C=O) groups is 1. The van der Waals surface area contributed by atoms with Crippen molar-refractivity contribution >= 4 is 17.7 Å². The molecular weight excluding hydrogens is 276 g/mol. The fourth-order valence-corrected chi connectivity index (χ4v) is 2.06. The van der Waals surface area contributed by atoms with E-state index in [1.807, 2.05) is 63.5 Å². The third-order valence-corrected chi connectivity index (χ3v) is 3.26. The number of furan rings is 1. The minimum absolute atomic E-state index is 0.0536. The third kappa shape index (κ3) is 4.60. The second-order valence-electron chi connectivity index (χ2n) is 5.41. The molecule has 0 saturated heterocycles. The van der Waals surface area contributed by atoms with E-state index in [9.17, 15) is 4.79 Å². The first-order chi connectivity index (χ1) is 10.6. The van der Waals surface area contributed by atoms with E-state index in [2.05, 4.69) is 4.90 Å². The van der Waals surface area contributed by atoms with Crippen molar-refractivity contribution in [2.24, 2.45) is 0 Å². The van der Waals surface area contributed by atoms with Crippen LogP contribution in [0.25, 0.3) is 6.08 Å². The number of nitrogens with zero attached hydrogens (tertiary/aromatic N) is 2. The number of amides is 1. The highest BCUT2D eigenvalue weighted by molar-refractivity contribution is 6.03. The van der Waals surface area contributed by atoms with Gasteiger partial charge in [0.05, 0.1) is 0 Å². The SMILES string of the molecule is Cc1ccc(/C=C/C(=O)N(CCN(C)C)c2ccccc2)o1. The Bertz CT molecular complexity index is 630. The molecular formula is C18H22N2O2. The molecule has 0 N–H and O–H groups in total. The van der Waals surface area contributed by atoms with Crippen LogP contribution < -0.4 is 4.90 Å². The number of carbonyl (C=O) groups excluding carboxylic acids is 1. The van der Waals surface area contributed by atoms with E-state index in [-0.39, 0.29) is 5.91 Å². The molecule has 0 atom stereocenters. The van der Waals surface area contributed by atoms with Crippen molar-refractivity contribution in [3.8, 4) is 0 Å². The van der Waals surface area contributed by atoms with Crippen LogP contribution in [-0.2, 0) is 4.79 Å². The van der Waals surface area contributed by atoms with Crippen molar-refractivity contribution in [1.82, 2.24) is 4.90 Å². The van der Waals surface area contributed by atoms with E-state index in [0.717, 1.165) is 18.0 Å². The molecule has 0 aliphatic heterocycles. The topological polar surface area (TPSA) is 36.7 Å². The monoisotopic (exact) mass is 298 g/mol. The van der Waals surface area contributed by atoms with Crippen molar-refractivity contribution in [3.63, 3.8) is 0 Å². The largest absolute Gasteiger partial charge is 0.462 e. The Morgan fingerprint density at radius 1 is 1.09 bits per heavy atom. The molecule has 0 aliphatic rings. The average Bonchev–Trinajstić information content (AvgIpc) is 2.92. The molecule has 4 heteroatoms. The van der Waals surface area contributed by atoms with Crippen LogP contribution in [0.3, 0.4) is 0 Å². The van der Waals surface area contributed by atoms with Gasteiger partial charge in [-0.25, -0.2) is 0 Å². The number of hydrogen-bond donors (Lipinski definition) is 0. The highest BCUT2D eigenvalue weighted by atomic mass is 16.3. The van der Waals surface area contributed by atoms with Crippen LogP contribution in [0.15, 0.2) is 53.0 Å². The fourth-order valence-electron chi connectivity index (χ4n) is 2.06. The molecule has 0 bridgehead atoms. The summed E-state index contributed by atoms with van der Waals surface area (Å²) in [5, 5.41) is 0. The fraction of sp³-hybridized carbons (Fsp3) is 0.278. The van der Waals surface area contributed by atoms with E-state index in [1.165, 1.54) is 0 Å². The van der Waals surface area contributed by atoms with Gasteiger partial charge >= 0.3 is 0 Å². The van der Waals surface area contributed by atoms with Gasteiger partial charge in [-0.2, -0.15) is 0 Å². The first-order valence-electron chi connectivity index (χ1n) is 7.32. The minimum atomic E-state index is -0.0536. The molecule has 0 radical (unpaired) electrons. The third-order valence-electron chi connectivity index (χ3n) is 3.26. The van der Waals surface area contributed by atoms with Crippen LogP contribution in [-0.4, -0.2) is 38.0 Å². The van der Waals surface area contributed by atoms with Gasteiger partial charge in [-0.05, 0) is 51.4 Å². The number of rotatable bonds is 6. The van der Waals surface area contributed by atoms with Crippen LogP contribution in [0.4, 0.5) is 5.69 Å². The zero-order valence-corrected chi connectivity index (χ0v) is 13.3. The average molecular weight is 298 g/mol. The molecule has 0 unspecified atom stereocenters. The van der Waals surface area contributed by atoms with Crippen LogP contribution in [0, 0.1) is 6.92 Å². The second-order valence-corrected chi connectivity index (χ2v) is 5.41. The van der Waals surface area contributed by atoms with Crippen molar-refractivity contribution in [2.45, 2.75) is 6.92 Å². The van der Waals surface area contributed by atoms with Gasteiger partial charge in [0.2, 0.25) is 0 Å². The summed E-state index contributed by atoms with van der Waals surface area (Å²) in [6.07, 6.45) is 3.27. The highest BCUT2D eigenvalue weighted by Crippen LogP contribution is 2.15. The summed E-state index contributed by atoms with van der Waals surface area (Å²) in [5.74, 6) is 1.47. The molecule has 22 heavy (non-hydrogen) atoms. The van der Waals surface area contributed by atoms with Gasteiger partial charge in [0.15, 0.2) is 0 Å². The maximum atomic E-state index is 12.5. The lowest BCUT2D eigenvalue weighted by molar-refractivity contribution is -0.114. The van der Waals surface area contributed by atoms with Crippen molar-refractivity contribution < 1.29 is 9.21 Å². The highest BCUT2D eigenvalue weighted by Gasteiger charge is 2.13. The minimum Gasteiger partial charge on any atom is -0.462 e. The molecule has 2 rings (SSSR count). The number of anilines is 1. The maximum absolute atomic E-state index is 12.5. The van der Waals surface area contributed by atoms with Crippen LogP contribution in [0.1, 0.15) is 11.5 Å². The molecule has 116 valence electrons. The summed E-state index contributed by atoms with van der Waals surface area (Å²) in [6.45, 7) is 3.32. The molecule has 2 aromatic rings.